The molecule has 0 saturated heterocycles. The zero-order valence-corrected chi connectivity index (χ0v) is 14.7. The molecule has 0 saturated carbocycles. The summed E-state index contributed by atoms with van der Waals surface area (Å²) in [7, 11) is 0. The highest BCUT2D eigenvalue weighted by Crippen LogP contribution is 2.24. The minimum Gasteiger partial charge on any atom is -0.493 e. The molecular weight excluding hydrogens is 322 g/mol. The van der Waals surface area contributed by atoms with Gasteiger partial charge < -0.3 is 9.47 Å². The monoisotopic (exact) mass is 345 g/mol. The normalized spacial score (nSPS) is 10.8. The van der Waals surface area contributed by atoms with Crippen molar-refractivity contribution in [3.05, 3.63) is 39.8 Å². The van der Waals surface area contributed by atoms with Gasteiger partial charge >= 0.3 is 0 Å². The van der Waals surface area contributed by atoms with Crippen molar-refractivity contribution in [1.29, 1.82) is 0 Å². The average Bonchev–Trinajstić information content (AvgIpc) is 2.62. The Kier molecular flexibility index (Phi) is 6.94. The molecule has 0 radical (unpaired) electrons. The predicted octanol–water partition coefficient (Wildman–Crippen LogP) is 2.50. The lowest BCUT2D eigenvalue weighted by Gasteiger charge is -2.11. The Bertz CT molecular complexity index is 773. The third-order valence-corrected chi connectivity index (χ3v) is 3.15. The molecule has 0 bridgehead atoms. The molecule has 1 aromatic heterocycles. The SMILES string of the molecule is CCCOc1ccc(/C=N\Nc2nnc(C)c(=O)[nH]2)c(OCCC)c1. The highest BCUT2D eigenvalue weighted by Gasteiger charge is 2.05. The Morgan fingerprint density at radius 2 is 1.96 bits per heavy atom. The van der Waals surface area contributed by atoms with E-state index in [1.54, 1.807) is 13.1 Å². The molecule has 2 N–H and O–H groups in total. The van der Waals surface area contributed by atoms with Gasteiger partial charge in [0.25, 0.3) is 5.56 Å². The van der Waals surface area contributed by atoms with Crippen LogP contribution >= 0.6 is 0 Å². The molecule has 0 aliphatic rings. The quantitative estimate of drug-likeness (QED) is 0.535. The van der Waals surface area contributed by atoms with Crippen LogP contribution in [0.15, 0.2) is 28.1 Å². The molecule has 1 aromatic carbocycles. The van der Waals surface area contributed by atoms with E-state index in [0.29, 0.717) is 24.7 Å². The summed E-state index contributed by atoms with van der Waals surface area (Å²) in [6.07, 6.45) is 3.43. The topological polar surface area (TPSA) is 101 Å². The van der Waals surface area contributed by atoms with E-state index in [0.717, 1.165) is 24.2 Å². The molecule has 8 heteroatoms. The number of aromatic amines is 1. The first kappa shape index (κ1) is 18.4. The lowest BCUT2D eigenvalue weighted by atomic mass is 10.2. The maximum absolute atomic E-state index is 11.5. The lowest BCUT2D eigenvalue weighted by molar-refractivity contribution is 0.301. The summed E-state index contributed by atoms with van der Waals surface area (Å²) in [6, 6.07) is 5.58. The highest BCUT2D eigenvalue weighted by atomic mass is 16.5. The molecule has 1 heterocycles. The van der Waals surface area contributed by atoms with E-state index >= 15 is 0 Å². The summed E-state index contributed by atoms with van der Waals surface area (Å²) in [5.41, 5.74) is 3.42. The Balaban J connectivity index is 2.12. The number of benzene rings is 1. The zero-order valence-electron chi connectivity index (χ0n) is 14.7. The number of aromatic nitrogens is 3. The van der Waals surface area contributed by atoms with Crippen LogP contribution in [0.1, 0.15) is 37.9 Å². The van der Waals surface area contributed by atoms with Gasteiger partial charge in [0.2, 0.25) is 5.95 Å². The number of H-pyrrole nitrogens is 1. The first-order chi connectivity index (χ1) is 12.1. The first-order valence-corrected chi connectivity index (χ1v) is 8.26. The number of rotatable bonds is 9. The van der Waals surface area contributed by atoms with Crippen LogP contribution in [0.2, 0.25) is 0 Å². The molecule has 2 aromatic rings. The fourth-order valence-corrected chi connectivity index (χ4v) is 1.87. The number of nitrogens with one attached hydrogen (secondary N) is 2. The third-order valence-electron chi connectivity index (χ3n) is 3.15. The summed E-state index contributed by atoms with van der Waals surface area (Å²) in [6.45, 7) is 6.93. The second-order valence-electron chi connectivity index (χ2n) is 5.35. The van der Waals surface area contributed by atoms with Gasteiger partial charge in [-0.25, -0.2) is 5.43 Å². The summed E-state index contributed by atoms with van der Waals surface area (Å²) < 4.78 is 11.4. The van der Waals surface area contributed by atoms with Crippen LogP contribution in [-0.2, 0) is 0 Å². The van der Waals surface area contributed by atoms with Crippen LogP contribution in [-0.4, -0.2) is 34.6 Å². The largest absolute Gasteiger partial charge is 0.493 e. The minimum atomic E-state index is -0.308. The molecule has 0 fully saturated rings. The number of ether oxygens (including phenoxy) is 2. The van der Waals surface area contributed by atoms with Crippen LogP contribution < -0.4 is 20.5 Å². The molecule has 0 spiro atoms. The van der Waals surface area contributed by atoms with Gasteiger partial charge in [-0.15, -0.1) is 10.2 Å². The van der Waals surface area contributed by atoms with Gasteiger partial charge in [-0.3, -0.25) is 9.78 Å². The number of anilines is 1. The molecule has 0 unspecified atom stereocenters. The second-order valence-corrected chi connectivity index (χ2v) is 5.35. The number of aryl methyl sites for hydroxylation is 1. The zero-order chi connectivity index (χ0) is 18.1. The maximum Gasteiger partial charge on any atom is 0.274 e. The first-order valence-electron chi connectivity index (χ1n) is 8.26. The van der Waals surface area contributed by atoms with Crippen LogP contribution in [0.3, 0.4) is 0 Å². The molecule has 134 valence electrons. The van der Waals surface area contributed by atoms with Crippen LogP contribution in [0.5, 0.6) is 11.5 Å². The van der Waals surface area contributed by atoms with E-state index in [1.807, 2.05) is 25.1 Å². The van der Waals surface area contributed by atoms with Crippen LogP contribution in [0.4, 0.5) is 5.95 Å². The van der Waals surface area contributed by atoms with E-state index in [4.69, 9.17) is 9.47 Å². The standard InChI is InChI=1S/C17H23N5O3/c1-4-8-24-14-7-6-13(15(10-14)25-9-5-2)11-18-21-17-19-16(23)12(3)20-22-17/h6-7,10-11H,4-5,8-9H2,1-3H3,(H2,19,21,22,23)/b18-11-. The van der Waals surface area contributed by atoms with E-state index in [-0.39, 0.29) is 11.5 Å². The predicted molar refractivity (Wildman–Crippen MR) is 96.6 cm³/mol. The van der Waals surface area contributed by atoms with E-state index in [2.05, 4.69) is 32.6 Å². The Morgan fingerprint density at radius 1 is 1.20 bits per heavy atom. The van der Waals surface area contributed by atoms with E-state index in [9.17, 15) is 4.79 Å². The molecule has 8 nitrogen and oxygen atoms in total. The van der Waals surface area contributed by atoms with Crippen molar-refractivity contribution in [1.82, 2.24) is 15.2 Å². The molecule has 2 rings (SSSR count). The summed E-state index contributed by atoms with van der Waals surface area (Å²) in [4.78, 5) is 14.0. The lowest BCUT2D eigenvalue weighted by Crippen LogP contribution is -2.15. The number of nitrogens with zero attached hydrogens (tertiary/aromatic N) is 3. The number of hydrazone groups is 1. The fraction of sp³-hybridized carbons (Fsp3) is 0.412. The van der Waals surface area contributed by atoms with Crippen LogP contribution in [0, 0.1) is 6.92 Å². The molecule has 0 amide bonds. The molecule has 0 atom stereocenters. The second kappa shape index (κ2) is 9.41. The molecule has 0 aliphatic carbocycles. The van der Waals surface area contributed by atoms with Gasteiger partial charge in [-0.05, 0) is 31.9 Å². The van der Waals surface area contributed by atoms with Gasteiger partial charge in [-0.1, -0.05) is 13.8 Å². The van der Waals surface area contributed by atoms with E-state index in [1.165, 1.54) is 0 Å². The third kappa shape index (κ3) is 5.59. The van der Waals surface area contributed by atoms with Gasteiger partial charge in [0.05, 0.1) is 19.4 Å². The minimum absolute atomic E-state index is 0.172. The number of hydrogen-bond acceptors (Lipinski definition) is 7. The van der Waals surface area contributed by atoms with E-state index < -0.39 is 0 Å². The van der Waals surface area contributed by atoms with Gasteiger partial charge in [0, 0.05) is 11.6 Å². The van der Waals surface area contributed by atoms with Gasteiger partial charge in [-0.2, -0.15) is 5.10 Å². The summed E-state index contributed by atoms with van der Waals surface area (Å²) in [5.74, 6) is 1.61. The van der Waals surface area contributed by atoms with Crippen molar-refractivity contribution in [2.24, 2.45) is 5.10 Å². The Hall–Kier alpha value is -2.90. The van der Waals surface area contributed by atoms with Crippen LogP contribution in [0.25, 0.3) is 0 Å². The highest BCUT2D eigenvalue weighted by molar-refractivity contribution is 5.84. The van der Waals surface area contributed by atoms with Crippen molar-refractivity contribution < 1.29 is 9.47 Å². The van der Waals surface area contributed by atoms with Crippen molar-refractivity contribution in [2.45, 2.75) is 33.6 Å². The van der Waals surface area contributed by atoms with Crippen molar-refractivity contribution >= 4 is 12.2 Å². The van der Waals surface area contributed by atoms with Crippen molar-refractivity contribution in [3.63, 3.8) is 0 Å². The molecular formula is C17H23N5O3. The van der Waals surface area contributed by atoms with Gasteiger partial charge in [0.15, 0.2) is 0 Å². The summed E-state index contributed by atoms with van der Waals surface area (Å²) in [5, 5.41) is 11.6. The fourth-order valence-electron chi connectivity index (χ4n) is 1.87. The number of hydrogen-bond donors (Lipinski definition) is 2. The Morgan fingerprint density at radius 3 is 2.68 bits per heavy atom. The maximum atomic E-state index is 11.5. The van der Waals surface area contributed by atoms with Gasteiger partial charge in [0.1, 0.15) is 17.2 Å². The smallest absolute Gasteiger partial charge is 0.274 e. The Labute approximate surface area is 146 Å². The average molecular weight is 345 g/mol. The molecule has 25 heavy (non-hydrogen) atoms. The molecule has 0 aliphatic heterocycles. The summed E-state index contributed by atoms with van der Waals surface area (Å²) >= 11 is 0. The van der Waals surface area contributed by atoms with Crippen molar-refractivity contribution in [2.75, 3.05) is 18.6 Å². The van der Waals surface area contributed by atoms with Crippen molar-refractivity contribution in [3.8, 4) is 11.5 Å².